The van der Waals surface area contributed by atoms with Crippen LogP contribution in [0, 0.1) is 6.92 Å². The summed E-state index contributed by atoms with van der Waals surface area (Å²) in [6.45, 7) is 4.19. The van der Waals surface area contributed by atoms with E-state index in [0.717, 1.165) is 17.0 Å². The van der Waals surface area contributed by atoms with E-state index in [1.807, 2.05) is 73.0 Å². The lowest BCUT2D eigenvalue weighted by Crippen LogP contribution is -2.12. The second kappa shape index (κ2) is 8.06. The molecule has 0 bridgehead atoms. The maximum atomic E-state index is 12.1. The van der Waals surface area contributed by atoms with E-state index in [9.17, 15) is 4.79 Å². The molecule has 2 heterocycles. The van der Waals surface area contributed by atoms with Gasteiger partial charge in [-0.15, -0.1) is 10.2 Å². The predicted molar refractivity (Wildman–Crippen MR) is 107 cm³/mol. The highest BCUT2D eigenvalue weighted by atomic mass is 32.2. The lowest BCUT2D eigenvalue weighted by Gasteiger charge is -2.13. The van der Waals surface area contributed by atoms with Crippen molar-refractivity contribution in [3.05, 3.63) is 66.0 Å². The van der Waals surface area contributed by atoms with Gasteiger partial charge in [0.2, 0.25) is 0 Å². The first-order chi connectivity index (χ1) is 13.6. The summed E-state index contributed by atoms with van der Waals surface area (Å²) < 4.78 is 13.2. The Morgan fingerprint density at radius 2 is 1.89 bits per heavy atom. The van der Waals surface area contributed by atoms with Crippen molar-refractivity contribution in [2.24, 2.45) is 0 Å². The predicted octanol–water partition coefficient (Wildman–Crippen LogP) is 3.95. The van der Waals surface area contributed by atoms with Gasteiger partial charge in [0.15, 0.2) is 11.0 Å². The Morgan fingerprint density at radius 1 is 1.14 bits per heavy atom. The second-order valence-corrected chi connectivity index (χ2v) is 7.88. The third kappa shape index (κ3) is 3.89. The molecule has 1 aliphatic heterocycles. The minimum Gasteiger partial charge on any atom is -0.485 e. The first kappa shape index (κ1) is 18.6. The number of para-hydroxylation sites is 2. The molecule has 1 saturated heterocycles. The smallest absolute Gasteiger partial charge is 0.319 e. The van der Waals surface area contributed by atoms with Crippen molar-refractivity contribution in [3.63, 3.8) is 0 Å². The fraction of sp³-hybridized carbons (Fsp3) is 0.286. The fourth-order valence-electron chi connectivity index (χ4n) is 3.11. The average molecular weight is 395 g/mol. The van der Waals surface area contributed by atoms with Crippen LogP contribution in [0.5, 0.6) is 5.75 Å². The summed E-state index contributed by atoms with van der Waals surface area (Å²) >= 11 is 1.39. The number of cyclic esters (lactones) is 1. The van der Waals surface area contributed by atoms with E-state index in [-0.39, 0.29) is 23.9 Å². The maximum absolute atomic E-state index is 12.1. The molecule has 6 nitrogen and oxygen atoms in total. The molecule has 0 unspecified atom stereocenters. The zero-order valence-electron chi connectivity index (χ0n) is 15.7. The van der Waals surface area contributed by atoms with E-state index < -0.39 is 0 Å². The number of ether oxygens (including phenoxy) is 2. The summed E-state index contributed by atoms with van der Waals surface area (Å²) in [4.78, 5) is 12.1. The SMILES string of the molecule is Cc1ccccc1OCc1nnc(S[C@H]2C[C@@H](C)OC2=O)n1-c1ccccc1. The Hall–Kier alpha value is -2.80. The highest BCUT2D eigenvalue weighted by Gasteiger charge is 2.34. The lowest BCUT2D eigenvalue weighted by atomic mass is 10.2. The van der Waals surface area contributed by atoms with Crippen molar-refractivity contribution in [2.45, 2.75) is 43.4 Å². The summed E-state index contributed by atoms with van der Waals surface area (Å²) in [5.41, 5.74) is 1.99. The number of thioether (sulfide) groups is 1. The molecular weight excluding hydrogens is 374 g/mol. The normalized spacial score (nSPS) is 18.9. The van der Waals surface area contributed by atoms with Crippen molar-refractivity contribution < 1.29 is 14.3 Å². The van der Waals surface area contributed by atoms with E-state index in [2.05, 4.69) is 10.2 Å². The van der Waals surface area contributed by atoms with Crippen LogP contribution in [0.25, 0.3) is 5.69 Å². The van der Waals surface area contributed by atoms with E-state index in [4.69, 9.17) is 9.47 Å². The number of carbonyl (C=O) groups is 1. The van der Waals surface area contributed by atoms with Crippen LogP contribution in [-0.4, -0.2) is 32.1 Å². The number of rotatable bonds is 6. The van der Waals surface area contributed by atoms with E-state index >= 15 is 0 Å². The summed E-state index contributed by atoms with van der Waals surface area (Å²) in [5, 5.41) is 9.06. The number of hydrogen-bond acceptors (Lipinski definition) is 6. The molecule has 0 spiro atoms. The first-order valence-corrected chi connectivity index (χ1v) is 10.0. The lowest BCUT2D eigenvalue weighted by molar-refractivity contribution is -0.140. The number of aryl methyl sites for hydroxylation is 1. The summed E-state index contributed by atoms with van der Waals surface area (Å²) in [6, 6.07) is 17.7. The van der Waals surface area contributed by atoms with Crippen LogP contribution in [0.2, 0.25) is 0 Å². The summed E-state index contributed by atoms with van der Waals surface area (Å²) in [6.07, 6.45) is 0.599. The largest absolute Gasteiger partial charge is 0.485 e. The van der Waals surface area contributed by atoms with Crippen LogP contribution in [0.1, 0.15) is 24.7 Å². The molecule has 2 aromatic carbocycles. The Bertz CT molecular complexity index is 974. The van der Waals surface area contributed by atoms with Crippen LogP contribution in [0.3, 0.4) is 0 Å². The molecule has 0 aliphatic carbocycles. The molecule has 0 amide bonds. The quantitative estimate of drug-likeness (QED) is 0.589. The maximum Gasteiger partial charge on any atom is 0.319 e. The van der Waals surface area contributed by atoms with E-state index in [1.54, 1.807) is 0 Å². The second-order valence-electron chi connectivity index (χ2n) is 6.71. The Morgan fingerprint density at radius 3 is 2.61 bits per heavy atom. The fourth-order valence-corrected chi connectivity index (χ4v) is 4.29. The minimum absolute atomic E-state index is 0.0676. The molecule has 144 valence electrons. The zero-order chi connectivity index (χ0) is 19.5. The van der Waals surface area contributed by atoms with Crippen LogP contribution >= 0.6 is 11.8 Å². The monoisotopic (exact) mass is 395 g/mol. The molecule has 0 radical (unpaired) electrons. The molecule has 2 atom stereocenters. The van der Waals surface area contributed by atoms with Gasteiger partial charge in [-0.2, -0.15) is 0 Å². The van der Waals surface area contributed by atoms with Gasteiger partial charge in [-0.05, 0) is 37.6 Å². The summed E-state index contributed by atoms with van der Waals surface area (Å²) in [7, 11) is 0. The van der Waals surface area contributed by atoms with Gasteiger partial charge >= 0.3 is 5.97 Å². The molecule has 1 fully saturated rings. The van der Waals surface area contributed by atoms with Gasteiger partial charge in [0, 0.05) is 12.1 Å². The third-order valence-electron chi connectivity index (χ3n) is 4.54. The highest BCUT2D eigenvalue weighted by molar-refractivity contribution is 8.00. The van der Waals surface area contributed by atoms with Crippen LogP contribution in [0.4, 0.5) is 0 Å². The van der Waals surface area contributed by atoms with Crippen LogP contribution in [0.15, 0.2) is 59.8 Å². The number of esters is 1. The van der Waals surface area contributed by atoms with Gasteiger partial charge in [0.05, 0.1) is 0 Å². The number of carbonyl (C=O) groups excluding carboxylic acids is 1. The number of aromatic nitrogens is 3. The molecule has 1 aromatic heterocycles. The topological polar surface area (TPSA) is 66.2 Å². The van der Waals surface area contributed by atoms with Crippen molar-refractivity contribution >= 4 is 17.7 Å². The highest BCUT2D eigenvalue weighted by Crippen LogP contribution is 2.33. The Kier molecular flexibility index (Phi) is 5.34. The Labute approximate surface area is 167 Å². The van der Waals surface area contributed by atoms with E-state index in [0.29, 0.717) is 17.4 Å². The molecular formula is C21H21N3O3S. The van der Waals surface area contributed by atoms with Gasteiger partial charge in [0.1, 0.15) is 23.7 Å². The standard InChI is InChI=1S/C21H21N3O3S/c1-14-8-6-7-11-17(14)26-13-19-22-23-21(24(19)16-9-4-3-5-10-16)28-18-12-15(2)27-20(18)25/h3-11,15,18H,12-13H2,1-2H3/t15-,18+/m1/s1. The molecule has 1 aliphatic rings. The van der Waals surface area contributed by atoms with Gasteiger partial charge in [-0.1, -0.05) is 48.2 Å². The molecule has 7 heteroatoms. The minimum atomic E-state index is -0.271. The zero-order valence-corrected chi connectivity index (χ0v) is 16.6. The summed E-state index contributed by atoms with van der Waals surface area (Å²) in [5.74, 6) is 1.29. The van der Waals surface area contributed by atoms with Gasteiger partial charge < -0.3 is 9.47 Å². The van der Waals surface area contributed by atoms with Crippen molar-refractivity contribution in [1.82, 2.24) is 14.8 Å². The van der Waals surface area contributed by atoms with Crippen molar-refractivity contribution in [2.75, 3.05) is 0 Å². The van der Waals surface area contributed by atoms with Crippen LogP contribution in [-0.2, 0) is 16.1 Å². The number of nitrogens with zero attached hydrogens (tertiary/aromatic N) is 3. The van der Waals surface area contributed by atoms with E-state index in [1.165, 1.54) is 11.8 Å². The molecule has 0 saturated carbocycles. The van der Waals surface area contributed by atoms with Gasteiger partial charge in [0.25, 0.3) is 0 Å². The molecule has 28 heavy (non-hydrogen) atoms. The number of benzene rings is 2. The van der Waals surface area contributed by atoms with Crippen LogP contribution < -0.4 is 4.74 Å². The van der Waals surface area contributed by atoms with Crippen molar-refractivity contribution in [1.29, 1.82) is 0 Å². The molecule has 3 aromatic rings. The van der Waals surface area contributed by atoms with Crippen molar-refractivity contribution in [3.8, 4) is 11.4 Å². The Balaban J connectivity index is 1.62. The molecule has 0 N–H and O–H groups in total. The number of hydrogen-bond donors (Lipinski definition) is 0. The van der Waals surface area contributed by atoms with Gasteiger partial charge in [-0.3, -0.25) is 9.36 Å². The third-order valence-corrected chi connectivity index (χ3v) is 5.68. The van der Waals surface area contributed by atoms with Gasteiger partial charge in [-0.25, -0.2) is 0 Å². The average Bonchev–Trinajstić information content (AvgIpc) is 3.24. The molecule has 4 rings (SSSR count). The first-order valence-electron chi connectivity index (χ1n) is 9.17.